The number of thioether (sulfide) groups is 3. The molecule has 4 aliphatic heterocycles. The van der Waals surface area contributed by atoms with Gasteiger partial charge in [-0.1, -0.05) is 53.5 Å². The smallest absolute Gasteiger partial charge is 0.345 e. The molecule has 4 aliphatic rings. The van der Waals surface area contributed by atoms with Crippen LogP contribution in [0, 0.1) is 0 Å². The van der Waals surface area contributed by atoms with E-state index in [0.29, 0.717) is 21.7 Å². The van der Waals surface area contributed by atoms with Crippen molar-refractivity contribution in [1.82, 2.24) is 4.90 Å². The van der Waals surface area contributed by atoms with Crippen molar-refractivity contribution < 1.29 is 52.5 Å². The zero-order valence-electron chi connectivity index (χ0n) is 25.5. The summed E-state index contributed by atoms with van der Waals surface area (Å²) < 4.78 is 18.5. The van der Waals surface area contributed by atoms with Gasteiger partial charge in [-0.15, -0.1) is 0 Å². The molecule has 0 atom stereocenters. The van der Waals surface area contributed by atoms with Crippen molar-refractivity contribution in [3.05, 3.63) is 55.0 Å². The number of amides is 3. The van der Waals surface area contributed by atoms with Gasteiger partial charge < -0.3 is 23.8 Å². The van der Waals surface area contributed by atoms with Crippen LogP contribution < -0.4 is 4.90 Å². The molecule has 5 rings (SSSR count). The van der Waals surface area contributed by atoms with E-state index in [0.717, 1.165) is 68.6 Å². The van der Waals surface area contributed by atoms with Gasteiger partial charge in [-0.05, 0) is 19.9 Å². The van der Waals surface area contributed by atoms with Crippen molar-refractivity contribution in [3.63, 3.8) is 0 Å². The number of carbonyl (C=O) groups is 7. The lowest BCUT2D eigenvalue weighted by atomic mass is 9.83. The Morgan fingerprint density at radius 2 is 1.26 bits per heavy atom. The van der Waals surface area contributed by atoms with E-state index < -0.39 is 57.8 Å². The van der Waals surface area contributed by atoms with Crippen molar-refractivity contribution in [2.75, 3.05) is 39.9 Å². The molecule has 0 unspecified atom stereocenters. The topological polar surface area (TPSA) is 163 Å². The van der Waals surface area contributed by atoms with Crippen LogP contribution in [0.4, 0.5) is 5.69 Å². The molecule has 16 heteroatoms. The van der Waals surface area contributed by atoms with E-state index in [1.807, 2.05) is 0 Å². The monoisotopic (exact) mass is 688 g/mol. The minimum absolute atomic E-state index is 0.00978. The molecule has 0 saturated carbocycles. The molecule has 0 aliphatic carbocycles. The highest BCUT2D eigenvalue weighted by atomic mass is 32.2. The highest BCUT2D eigenvalue weighted by Gasteiger charge is 2.61. The molecule has 0 radical (unpaired) electrons. The second kappa shape index (κ2) is 12.3. The Morgan fingerprint density at radius 1 is 0.761 bits per heavy atom. The maximum Gasteiger partial charge on any atom is 0.345 e. The third-order valence-electron chi connectivity index (χ3n) is 7.74. The number of benzene rings is 1. The largest absolute Gasteiger partial charge is 0.466 e. The molecule has 0 aromatic heterocycles. The number of anilines is 1. The van der Waals surface area contributed by atoms with Gasteiger partial charge in [-0.2, -0.15) is 0 Å². The van der Waals surface area contributed by atoms with Gasteiger partial charge in [0.1, 0.15) is 25.3 Å². The number of carbonyl (C=O) groups excluding carboxylic acids is 7. The maximum absolute atomic E-state index is 14.1. The molecule has 1 saturated heterocycles. The van der Waals surface area contributed by atoms with Gasteiger partial charge in [0.05, 0.1) is 45.2 Å². The minimum Gasteiger partial charge on any atom is -0.466 e. The summed E-state index contributed by atoms with van der Waals surface area (Å²) in [7, 11) is 4.54. The van der Waals surface area contributed by atoms with E-state index in [-0.39, 0.29) is 33.1 Å². The Morgan fingerprint density at radius 3 is 1.78 bits per heavy atom. The Labute approximate surface area is 276 Å². The van der Waals surface area contributed by atoms with Crippen LogP contribution >= 0.6 is 35.3 Å². The quantitative estimate of drug-likeness (QED) is 0.244. The number of esters is 4. The van der Waals surface area contributed by atoms with Crippen LogP contribution in [-0.4, -0.2) is 91.1 Å². The lowest BCUT2D eigenvalue weighted by molar-refractivity contribution is -0.142. The van der Waals surface area contributed by atoms with Crippen LogP contribution in [0.5, 0.6) is 0 Å². The van der Waals surface area contributed by atoms with Crippen LogP contribution in [0.15, 0.2) is 49.5 Å². The summed E-state index contributed by atoms with van der Waals surface area (Å²) in [6, 6.07) is 6.76. The second-order valence-electron chi connectivity index (χ2n) is 10.6. The predicted octanol–water partition coefficient (Wildman–Crippen LogP) is 2.75. The summed E-state index contributed by atoms with van der Waals surface area (Å²) >= 11 is 2.53. The first-order valence-electron chi connectivity index (χ1n) is 13.7. The van der Waals surface area contributed by atoms with Crippen LogP contribution in [0.3, 0.4) is 0 Å². The summed E-state index contributed by atoms with van der Waals surface area (Å²) in [5.74, 6) is -5.06. The predicted molar refractivity (Wildman–Crippen MR) is 169 cm³/mol. The van der Waals surface area contributed by atoms with Crippen LogP contribution in [0.2, 0.25) is 0 Å². The van der Waals surface area contributed by atoms with Crippen LogP contribution in [0.25, 0.3) is 5.57 Å². The average molecular weight is 689 g/mol. The summed E-state index contributed by atoms with van der Waals surface area (Å²) in [5, 5.41) is 0. The third-order valence-corrected chi connectivity index (χ3v) is 12.4. The number of methoxy groups -OCH3 is 4. The standard InChI is InChI=1S/C30H28N2O11S3/c1-29(2)24-19(14-9-7-8-10-15(14)32(29)18(35)13-31-16(33)11-12-17(31)34)30(20(25(36)40-3)21(44-24)26(37)41-4)45-22(27(38)42-5)23(46-30)28(39)43-6/h7-10H,11-13H2,1-6H3. The molecular weight excluding hydrogens is 661 g/mol. The van der Waals surface area contributed by atoms with Crippen molar-refractivity contribution in [2.24, 2.45) is 0 Å². The number of rotatable bonds is 6. The molecular formula is C30H28N2O11S3. The second-order valence-corrected chi connectivity index (χ2v) is 14.4. The molecule has 0 bridgehead atoms. The number of hydrogen-bond acceptors (Lipinski definition) is 14. The highest BCUT2D eigenvalue weighted by molar-refractivity contribution is 8.26. The molecule has 242 valence electrons. The maximum atomic E-state index is 14.1. The van der Waals surface area contributed by atoms with E-state index in [2.05, 4.69) is 0 Å². The van der Waals surface area contributed by atoms with Gasteiger partial charge in [0, 0.05) is 28.9 Å². The van der Waals surface area contributed by atoms with Crippen molar-refractivity contribution >= 4 is 88.1 Å². The number of likely N-dealkylation sites (tertiary alicyclic amines) is 1. The molecule has 13 nitrogen and oxygen atoms in total. The van der Waals surface area contributed by atoms with Crippen LogP contribution in [-0.2, 0) is 52.5 Å². The zero-order chi connectivity index (χ0) is 33.7. The summed E-state index contributed by atoms with van der Waals surface area (Å²) in [5.41, 5.74) is -0.268. The fourth-order valence-electron chi connectivity index (χ4n) is 5.72. The molecule has 1 aromatic rings. The van der Waals surface area contributed by atoms with Crippen molar-refractivity contribution in [3.8, 4) is 0 Å². The summed E-state index contributed by atoms with van der Waals surface area (Å²) in [6.45, 7) is 2.91. The molecule has 1 aromatic carbocycles. The Balaban J connectivity index is 1.80. The van der Waals surface area contributed by atoms with Crippen molar-refractivity contribution in [1.29, 1.82) is 0 Å². The highest BCUT2D eigenvalue weighted by Crippen LogP contribution is 2.71. The molecule has 0 N–H and O–H groups in total. The lowest BCUT2D eigenvalue weighted by Gasteiger charge is -2.50. The number of hydrogen-bond donors (Lipinski definition) is 0. The first kappa shape index (κ1) is 33.3. The van der Waals surface area contributed by atoms with Crippen molar-refractivity contribution in [2.45, 2.75) is 36.3 Å². The van der Waals surface area contributed by atoms with Crippen LogP contribution in [0.1, 0.15) is 32.3 Å². The number of ether oxygens (including phenoxy) is 4. The summed E-state index contributed by atoms with van der Waals surface area (Å²) in [6.07, 6.45) is 0.0196. The third kappa shape index (κ3) is 5.02. The van der Waals surface area contributed by atoms with E-state index in [9.17, 15) is 33.6 Å². The van der Waals surface area contributed by atoms with E-state index in [1.54, 1.807) is 38.1 Å². The minimum atomic E-state index is -1.71. The van der Waals surface area contributed by atoms with E-state index in [4.69, 9.17) is 18.9 Å². The first-order valence-corrected chi connectivity index (χ1v) is 16.1. The van der Waals surface area contributed by atoms with Gasteiger partial charge >= 0.3 is 23.9 Å². The van der Waals surface area contributed by atoms with E-state index >= 15 is 0 Å². The Kier molecular flexibility index (Phi) is 8.92. The molecule has 3 amide bonds. The zero-order valence-corrected chi connectivity index (χ0v) is 28.0. The van der Waals surface area contributed by atoms with Gasteiger partial charge in [-0.25, -0.2) is 19.2 Å². The molecule has 1 spiro atoms. The Bertz CT molecular complexity index is 1680. The number of nitrogens with zero attached hydrogens (tertiary/aromatic N) is 2. The van der Waals surface area contributed by atoms with Gasteiger partial charge in [0.15, 0.2) is 0 Å². The molecule has 1 fully saturated rings. The molecule has 46 heavy (non-hydrogen) atoms. The van der Waals surface area contributed by atoms with Gasteiger partial charge in [0.2, 0.25) is 17.7 Å². The fraction of sp³-hybridized carbons (Fsp3) is 0.367. The summed E-state index contributed by atoms with van der Waals surface area (Å²) in [4.78, 5) is 94.5. The van der Waals surface area contributed by atoms with E-state index in [1.165, 1.54) is 4.90 Å². The Hall–Kier alpha value is -4.02. The van der Waals surface area contributed by atoms with Gasteiger partial charge in [-0.3, -0.25) is 19.3 Å². The number of para-hydroxylation sites is 1. The number of imide groups is 1. The normalized spacial score (nSPS) is 19.7. The first-order chi connectivity index (χ1) is 21.8. The SMILES string of the molecule is COC(=O)C1=C(C(=O)OC)SC2(S1)C(C(=O)OC)=C(C(=O)OC)SC1=C2c2ccccc2N(C(=O)CN2C(=O)CCC2=O)C1(C)C. The number of fused-ring (bicyclic) bond motifs is 3. The average Bonchev–Trinajstić information content (AvgIpc) is 3.58. The fourth-order valence-corrected chi connectivity index (χ4v) is 10.8. The lowest BCUT2D eigenvalue weighted by Crippen LogP contribution is -2.56. The van der Waals surface area contributed by atoms with Gasteiger partial charge in [0.25, 0.3) is 0 Å². The molecule has 4 heterocycles.